The molecule has 0 spiro atoms. The summed E-state index contributed by atoms with van der Waals surface area (Å²) in [6.45, 7) is 4.09. The first kappa shape index (κ1) is 6.75. The number of carbonyl (C=O) groups excluding carboxylic acids is 1. The van der Waals surface area contributed by atoms with E-state index < -0.39 is 0 Å². The summed E-state index contributed by atoms with van der Waals surface area (Å²) in [7, 11) is 0. The molecule has 52 valence electrons. The van der Waals surface area contributed by atoms with E-state index in [0.717, 1.165) is 12.7 Å². The monoisotopic (exact) mass is 128 g/mol. The van der Waals surface area contributed by atoms with Crippen molar-refractivity contribution in [3.05, 3.63) is 0 Å². The molecule has 1 heterocycles. The lowest BCUT2D eigenvalue weighted by atomic mass is 10.1. The van der Waals surface area contributed by atoms with Gasteiger partial charge in [0.2, 0.25) is 0 Å². The van der Waals surface area contributed by atoms with E-state index in [0.29, 0.717) is 12.5 Å². The Labute approximate surface area is 55.2 Å². The number of hydrogen-bond acceptors (Lipinski definition) is 2. The highest BCUT2D eigenvalue weighted by Gasteiger charge is 2.46. The first-order valence-electron chi connectivity index (χ1n) is 3.28. The van der Waals surface area contributed by atoms with Gasteiger partial charge in [-0.2, -0.15) is 0 Å². The molecule has 1 saturated heterocycles. The zero-order valence-corrected chi connectivity index (χ0v) is 5.89. The summed E-state index contributed by atoms with van der Waals surface area (Å²) in [4.78, 5) is 9.89. The van der Waals surface area contributed by atoms with Crippen LogP contribution in [0.2, 0.25) is 0 Å². The van der Waals surface area contributed by atoms with E-state index in [4.69, 9.17) is 4.74 Å². The second-order valence-electron chi connectivity index (χ2n) is 2.95. The van der Waals surface area contributed by atoms with Crippen LogP contribution >= 0.6 is 0 Å². The Balaban J connectivity index is 2.12. The van der Waals surface area contributed by atoms with Crippen LogP contribution in [-0.2, 0) is 9.53 Å². The van der Waals surface area contributed by atoms with Crippen molar-refractivity contribution in [2.45, 2.75) is 38.4 Å². The molecular weight excluding hydrogens is 116 g/mol. The standard InChI is InChI=1S/C7H12O2/c1-7(2)6(9-7)4-3-5-8/h5-6H,3-4H2,1-2H3/t6-/m1/s1. The summed E-state index contributed by atoms with van der Waals surface area (Å²) in [6.07, 6.45) is 2.80. The Morgan fingerprint density at radius 1 is 1.67 bits per heavy atom. The van der Waals surface area contributed by atoms with Crippen LogP contribution in [0, 0.1) is 0 Å². The smallest absolute Gasteiger partial charge is 0.120 e. The van der Waals surface area contributed by atoms with Gasteiger partial charge in [-0.1, -0.05) is 0 Å². The molecule has 0 aromatic rings. The first-order chi connectivity index (χ1) is 4.17. The van der Waals surface area contributed by atoms with Crippen molar-refractivity contribution in [3.63, 3.8) is 0 Å². The van der Waals surface area contributed by atoms with E-state index in [-0.39, 0.29) is 5.60 Å². The molecule has 0 unspecified atom stereocenters. The molecule has 0 saturated carbocycles. The third-order valence-electron chi connectivity index (χ3n) is 1.71. The molecule has 1 atom stereocenters. The van der Waals surface area contributed by atoms with E-state index in [1.807, 2.05) is 13.8 Å². The van der Waals surface area contributed by atoms with E-state index in [1.54, 1.807) is 0 Å². The third-order valence-corrected chi connectivity index (χ3v) is 1.71. The van der Waals surface area contributed by atoms with Crippen LogP contribution < -0.4 is 0 Å². The normalized spacial score (nSPS) is 29.8. The average Bonchev–Trinajstić information content (AvgIpc) is 2.35. The molecule has 0 radical (unpaired) electrons. The molecule has 0 aromatic carbocycles. The van der Waals surface area contributed by atoms with Crippen LogP contribution in [0.1, 0.15) is 26.7 Å². The lowest BCUT2D eigenvalue weighted by molar-refractivity contribution is -0.108. The van der Waals surface area contributed by atoms with Gasteiger partial charge in [-0.3, -0.25) is 0 Å². The van der Waals surface area contributed by atoms with Crippen LogP contribution in [0.4, 0.5) is 0 Å². The minimum Gasteiger partial charge on any atom is -0.367 e. The lowest BCUT2D eigenvalue weighted by Gasteiger charge is -1.90. The number of epoxide rings is 1. The Morgan fingerprint density at radius 3 is 2.56 bits per heavy atom. The highest BCUT2D eigenvalue weighted by molar-refractivity contribution is 5.49. The number of ether oxygens (including phenoxy) is 1. The van der Waals surface area contributed by atoms with E-state index in [2.05, 4.69) is 0 Å². The van der Waals surface area contributed by atoms with Crippen molar-refractivity contribution >= 4 is 6.29 Å². The average molecular weight is 128 g/mol. The molecule has 0 amide bonds. The molecule has 1 aliphatic rings. The molecule has 0 aliphatic carbocycles. The van der Waals surface area contributed by atoms with Gasteiger partial charge in [-0.15, -0.1) is 0 Å². The zero-order valence-electron chi connectivity index (χ0n) is 5.89. The fourth-order valence-electron chi connectivity index (χ4n) is 0.959. The molecule has 2 nitrogen and oxygen atoms in total. The van der Waals surface area contributed by atoms with Crippen molar-refractivity contribution in [1.82, 2.24) is 0 Å². The second-order valence-corrected chi connectivity index (χ2v) is 2.95. The maximum atomic E-state index is 9.89. The number of aldehydes is 1. The largest absolute Gasteiger partial charge is 0.367 e. The van der Waals surface area contributed by atoms with Gasteiger partial charge in [0.1, 0.15) is 6.29 Å². The van der Waals surface area contributed by atoms with E-state index in [1.165, 1.54) is 0 Å². The van der Waals surface area contributed by atoms with Crippen LogP contribution in [0.15, 0.2) is 0 Å². The van der Waals surface area contributed by atoms with Crippen LogP contribution in [0.5, 0.6) is 0 Å². The number of rotatable bonds is 3. The van der Waals surface area contributed by atoms with Gasteiger partial charge in [-0.05, 0) is 20.3 Å². The van der Waals surface area contributed by atoms with Gasteiger partial charge < -0.3 is 9.53 Å². The van der Waals surface area contributed by atoms with Crippen molar-refractivity contribution < 1.29 is 9.53 Å². The van der Waals surface area contributed by atoms with Crippen molar-refractivity contribution in [2.75, 3.05) is 0 Å². The van der Waals surface area contributed by atoms with E-state index in [9.17, 15) is 4.79 Å². The van der Waals surface area contributed by atoms with Gasteiger partial charge in [0.15, 0.2) is 0 Å². The summed E-state index contributed by atoms with van der Waals surface area (Å²) in [5.74, 6) is 0. The SMILES string of the molecule is CC1(C)O[C@@H]1CCC=O. The fourth-order valence-corrected chi connectivity index (χ4v) is 0.959. The Morgan fingerprint density at radius 2 is 2.22 bits per heavy atom. The fraction of sp³-hybridized carbons (Fsp3) is 0.857. The molecular formula is C7H12O2. The molecule has 1 aliphatic heterocycles. The van der Waals surface area contributed by atoms with Crippen molar-refractivity contribution in [1.29, 1.82) is 0 Å². The summed E-state index contributed by atoms with van der Waals surface area (Å²) in [5.41, 5.74) is 0.0585. The Hall–Kier alpha value is -0.370. The maximum absolute atomic E-state index is 9.89. The molecule has 1 fully saturated rings. The van der Waals surface area contributed by atoms with E-state index >= 15 is 0 Å². The van der Waals surface area contributed by atoms with Crippen LogP contribution in [-0.4, -0.2) is 18.0 Å². The number of carbonyl (C=O) groups is 1. The molecule has 9 heavy (non-hydrogen) atoms. The predicted octanol–water partition coefficient (Wildman–Crippen LogP) is 1.14. The van der Waals surface area contributed by atoms with Gasteiger partial charge in [0, 0.05) is 6.42 Å². The first-order valence-corrected chi connectivity index (χ1v) is 3.28. The van der Waals surface area contributed by atoms with Gasteiger partial charge >= 0.3 is 0 Å². The summed E-state index contributed by atoms with van der Waals surface area (Å²) in [5, 5.41) is 0. The highest BCUT2D eigenvalue weighted by atomic mass is 16.6. The van der Waals surface area contributed by atoms with Gasteiger partial charge in [-0.25, -0.2) is 0 Å². The summed E-state index contributed by atoms with van der Waals surface area (Å²) >= 11 is 0. The number of hydrogen-bond donors (Lipinski definition) is 0. The molecule has 2 heteroatoms. The van der Waals surface area contributed by atoms with Gasteiger partial charge in [0.05, 0.1) is 11.7 Å². The summed E-state index contributed by atoms with van der Waals surface area (Å²) < 4.78 is 5.25. The van der Waals surface area contributed by atoms with Crippen molar-refractivity contribution in [2.24, 2.45) is 0 Å². The molecule has 1 rings (SSSR count). The second kappa shape index (κ2) is 2.10. The van der Waals surface area contributed by atoms with Crippen LogP contribution in [0.3, 0.4) is 0 Å². The Kier molecular flexibility index (Phi) is 1.58. The Bertz CT molecular complexity index is 118. The van der Waals surface area contributed by atoms with Crippen LogP contribution in [0.25, 0.3) is 0 Å². The molecule has 0 aromatic heterocycles. The highest BCUT2D eigenvalue weighted by Crippen LogP contribution is 2.37. The third kappa shape index (κ3) is 1.52. The lowest BCUT2D eigenvalue weighted by Crippen LogP contribution is -2.02. The van der Waals surface area contributed by atoms with Gasteiger partial charge in [0.25, 0.3) is 0 Å². The topological polar surface area (TPSA) is 29.6 Å². The minimum absolute atomic E-state index is 0.0585. The maximum Gasteiger partial charge on any atom is 0.120 e. The minimum atomic E-state index is 0.0585. The van der Waals surface area contributed by atoms with Crippen molar-refractivity contribution in [3.8, 4) is 0 Å². The molecule has 0 bridgehead atoms. The molecule has 0 N–H and O–H groups in total. The zero-order chi connectivity index (χ0) is 6.91. The quantitative estimate of drug-likeness (QED) is 0.421. The summed E-state index contributed by atoms with van der Waals surface area (Å²) in [6, 6.07) is 0. The predicted molar refractivity (Wildman–Crippen MR) is 34.2 cm³/mol.